The Balaban J connectivity index is 0.00000288. The van der Waals surface area contributed by atoms with Crippen molar-refractivity contribution in [1.29, 1.82) is 0 Å². The standard InChI is InChI=1S/C16H23NO6.H2O/c1-10(7-8-23-11-5-3-2-4-6-11)17-12(9-18)13(19)14(20)15(21)16(17)22;/h2-6,12-16,18-22H,1,7-9H2;1H2/t12-,13-,14+,15-,16?;/m1./s1. The van der Waals surface area contributed by atoms with E-state index in [4.69, 9.17) is 4.74 Å². The molecule has 1 aromatic rings. The highest BCUT2D eigenvalue weighted by Gasteiger charge is 2.47. The normalized spacial score (nSPS) is 29.7. The summed E-state index contributed by atoms with van der Waals surface area (Å²) >= 11 is 0. The van der Waals surface area contributed by atoms with Gasteiger partial charge < -0.3 is 40.6 Å². The van der Waals surface area contributed by atoms with Crippen molar-refractivity contribution in [3.05, 3.63) is 42.6 Å². The number of hydrogen-bond donors (Lipinski definition) is 5. The largest absolute Gasteiger partial charge is 0.493 e. The van der Waals surface area contributed by atoms with Crippen LogP contribution in [0.25, 0.3) is 0 Å². The number of hydrogen-bond acceptors (Lipinski definition) is 7. The minimum atomic E-state index is -1.56. The van der Waals surface area contributed by atoms with Crippen molar-refractivity contribution >= 4 is 0 Å². The molecule has 0 saturated carbocycles. The first-order valence-corrected chi connectivity index (χ1v) is 7.44. The van der Waals surface area contributed by atoms with Crippen molar-refractivity contribution in [2.75, 3.05) is 13.2 Å². The summed E-state index contributed by atoms with van der Waals surface area (Å²) in [6.07, 6.45) is -5.64. The van der Waals surface area contributed by atoms with E-state index in [2.05, 4.69) is 6.58 Å². The van der Waals surface area contributed by atoms with Gasteiger partial charge in [-0.2, -0.15) is 0 Å². The minimum Gasteiger partial charge on any atom is -0.493 e. The van der Waals surface area contributed by atoms with Gasteiger partial charge in [-0.05, 0) is 12.1 Å². The zero-order valence-corrected chi connectivity index (χ0v) is 13.2. The summed E-state index contributed by atoms with van der Waals surface area (Å²) < 4.78 is 5.54. The van der Waals surface area contributed by atoms with E-state index in [1.54, 1.807) is 12.1 Å². The molecule has 0 amide bonds. The molecule has 136 valence electrons. The summed E-state index contributed by atoms with van der Waals surface area (Å²) in [5, 5.41) is 49.0. The Labute approximate surface area is 140 Å². The van der Waals surface area contributed by atoms with E-state index in [9.17, 15) is 25.5 Å². The lowest BCUT2D eigenvalue weighted by Crippen LogP contribution is -2.66. The fourth-order valence-corrected chi connectivity index (χ4v) is 2.68. The lowest BCUT2D eigenvalue weighted by molar-refractivity contribution is -0.213. The molecule has 0 radical (unpaired) electrons. The first kappa shape index (κ1) is 20.4. The van der Waals surface area contributed by atoms with Crippen LogP contribution < -0.4 is 4.74 Å². The van der Waals surface area contributed by atoms with Crippen LogP contribution in [-0.2, 0) is 0 Å². The molecule has 8 nitrogen and oxygen atoms in total. The second kappa shape index (κ2) is 8.97. The first-order valence-electron chi connectivity index (χ1n) is 7.44. The molecular formula is C16H25NO7. The maximum absolute atomic E-state index is 10.1. The van der Waals surface area contributed by atoms with Gasteiger partial charge in [0.1, 0.15) is 24.1 Å². The molecule has 1 fully saturated rings. The highest BCUT2D eigenvalue weighted by molar-refractivity contribution is 5.21. The third-order valence-electron chi connectivity index (χ3n) is 4.00. The highest BCUT2D eigenvalue weighted by Crippen LogP contribution is 2.27. The Kier molecular flexibility index (Phi) is 7.61. The van der Waals surface area contributed by atoms with Crippen LogP contribution in [0, 0.1) is 0 Å². The molecule has 0 aromatic heterocycles. The van der Waals surface area contributed by atoms with E-state index in [-0.39, 0.29) is 12.1 Å². The zero-order chi connectivity index (χ0) is 17.0. The summed E-state index contributed by atoms with van der Waals surface area (Å²) in [5.41, 5.74) is 0.387. The van der Waals surface area contributed by atoms with E-state index in [0.29, 0.717) is 17.9 Å². The van der Waals surface area contributed by atoms with Gasteiger partial charge in [0.15, 0.2) is 6.23 Å². The lowest BCUT2D eigenvalue weighted by atomic mass is 9.92. The number of ether oxygens (including phenoxy) is 1. The van der Waals surface area contributed by atoms with Crippen LogP contribution in [0.5, 0.6) is 5.75 Å². The Morgan fingerprint density at radius 1 is 1.04 bits per heavy atom. The fraction of sp³-hybridized carbons (Fsp3) is 0.500. The molecular weight excluding hydrogens is 318 g/mol. The molecule has 7 N–H and O–H groups in total. The molecule has 1 unspecified atom stereocenters. The van der Waals surface area contributed by atoms with Crippen LogP contribution in [0.3, 0.4) is 0 Å². The number of rotatable bonds is 6. The van der Waals surface area contributed by atoms with Crippen LogP contribution in [0.1, 0.15) is 6.42 Å². The van der Waals surface area contributed by atoms with E-state index >= 15 is 0 Å². The van der Waals surface area contributed by atoms with Crippen molar-refractivity contribution in [3.8, 4) is 5.75 Å². The summed E-state index contributed by atoms with van der Waals surface area (Å²) in [6, 6.07) is 8.21. The Bertz CT molecular complexity index is 512. The van der Waals surface area contributed by atoms with Crippen molar-refractivity contribution < 1.29 is 35.7 Å². The van der Waals surface area contributed by atoms with E-state index < -0.39 is 37.2 Å². The van der Waals surface area contributed by atoms with Gasteiger partial charge in [-0.1, -0.05) is 24.8 Å². The Hall–Kier alpha value is -1.68. The van der Waals surface area contributed by atoms with E-state index in [0.717, 1.165) is 0 Å². The van der Waals surface area contributed by atoms with Gasteiger partial charge in [-0.25, -0.2) is 0 Å². The van der Waals surface area contributed by atoms with Gasteiger partial charge in [0.25, 0.3) is 0 Å². The number of aliphatic hydroxyl groups is 5. The topological polar surface area (TPSA) is 145 Å². The highest BCUT2D eigenvalue weighted by atomic mass is 16.5. The smallest absolute Gasteiger partial charge is 0.156 e. The Morgan fingerprint density at radius 3 is 2.25 bits per heavy atom. The first-order chi connectivity index (χ1) is 11.0. The van der Waals surface area contributed by atoms with Crippen molar-refractivity contribution in [3.63, 3.8) is 0 Å². The van der Waals surface area contributed by atoms with E-state index in [1.807, 2.05) is 18.2 Å². The molecule has 24 heavy (non-hydrogen) atoms. The lowest BCUT2D eigenvalue weighted by Gasteiger charge is -2.48. The van der Waals surface area contributed by atoms with Gasteiger partial charge in [0, 0.05) is 12.1 Å². The van der Waals surface area contributed by atoms with Crippen LogP contribution >= 0.6 is 0 Å². The number of para-hydroxylation sites is 1. The molecule has 0 spiro atoms. The number of likely N-dealkylation sites (tertiary alicyclic amines) is 1. The molecule has 5 atom stereocenters. The second-order valence-corrected chi connectivity index (χ2v) is 5.52. The number of aliphatic hydroxyl groups excluding tert-OH is 5. The quantitative estimate of drug-likeness (QED) is 0.410. The van der Waals surface area contributed by atoms with Crippen LogP contribution in [0.15, 0.2) is 42.6 Å². The molecule has 1 heterocycles. The molecule has 1 aliphatic rings. The van der Waals surface area contributed by atoms with Crippen molar-refractivity contribution in [1.82, 2.24) is 4.90 Å². The monoisotopic (exact) mass is 343 g/mol. The molecule has 8 heteroatoms. The predicted molar refractivity (Wildman–Crippen MR) is 86.0 cm³/mol. The molecule has 0 aliphatic carbocycles. The minimum absolute atomic E-state index is 0. The summed E-state index contributed by atoms with van der Waals surface area (Å²) in [6.45, 7) is 3.60. The second-order valence-electron chi connectivity index (χ2n) is 5.52. The summed E-state index contributed by atoms with van der Waals surface area (Å²) in [7, 11) is 0. The average Bonchev–Trinajstić information content (AvgIpc) is 2.56. The molecule has 1 aromatic carbocycles. The third-order valence-corrected chi connectivity index (χ3v) is 4.00. The van der Waals surface area contributed by atoms with E-state index in [1.165, 1.54) is 4.90 Å². The summed E-state index contributed by atoms with van der Waals surface area (Å²) in [4.78, 5) is 1.23. The van der Waals surface area contributed by atoms with Gasteiger partial charge in [-0.15, -0.1) is 0 Å². The predicted octanol–water partition coefficient (Wildman–Crippen LogP) is -1.78. The number of benzene rings is 1. The van der Waals surface area contributed by atoms with Gasteiger partial charge in [0.2, 0.25) is 0 Å². The van der Waals surface area contributed by atoms with Crippen molar-refractivity contribution in [2.45, 2.75) is 37.0 Å². The summed E-state index contributed by atoms with van der Waals surface area (Å²) in [5.74, 6) is 0.689. The average molecular weight is 343 g/mol. The Morgan fingerprint density at radius 2 is 1.67 bits per heavy atom. The van der Waals surface area contributed by atoms with Crippen LogP contribution in [-0.4, -0.2) is 79.7 Å². The van der Waals surface area contributed by atoms with Crippen molar-refractivity contribution in [2.24, 2.45) is 0 Å². The fourth-order valence-electron chi connectivity index (χ4n) is 2.68. The third kappa shape index (κ3) is 4.23. The SMILES string of the molecule is C=C(CCOc1ccccc1)N1C(O)[C@H](O)[C@@H](O)[C@H](O)[C@H]1CO.O. The molecule has 1 aliphatic heterocycles. The maximum atomic E-state index is 10.1. The number of nitrogens with zero attached hydrogens (tertiary/aromatic N) is 1. The molecule has 2 rings (SSSR count). The molecule has 1 saturated heterocycles. The van der Waals surface area contributed by atoms with Crippen LogP contribution in [0.4, 0.5) is 0 Å². The number of piperidine rings is 1. The molecule has 0 bridgehead atoms. The van der Waals surface area contributed by atoms with Gasteiger partial charge in [0.05, 0.1) is 19.3 Å². The van der Waals surface area contributed by atoms with Gasteiger partial charge >= 0.3 is 0 Å². The maximum Gasteiger partial charge on any atom is 0.156 e. The van der Waals surface area contributed by atoms with Crippen LogP contribution in [0.2, 0.25) is 0 Å². The zero-order valence-electron chi connectivity index (χ0n) is 13.2. The van der Waals surface area contributed by atoms with Gasteiger partial charge in [-0.3, -0.25) is 0 Å².